The second-order valence-electron chi connectivity index (χ2n) is 4.79. The lowest BCUT2D eigenvalue weighted by Gasteiger charge is -2.12. The maximum atomic E-state index is 12.7. The molecule has 0 aliphatic rings. The molecular weight excluding hydrogens is 307 g/mol. The number of halogens is 2. The van der Waals surface area contributed by atoms with Crippen LogP contribution in [0.3, 0.4) is 0 Å². The number of ether oxygens (including phenoxy) is 1. The molecule has 0 aromatic heterocycles. The number of rotatable bonds is 4. The van der Waals surface area contributed by atoms with Crippen molar-refractivity contribution >= 4 is 29.0 Å². The van der Waals surface area contributed by atoms with Crippen LogP contribution in [-0.4, -0.2) is 12.4 Å². The van der Waals surface area contributed by atoms with E-state index >= 15 is 0 Å². The van der Waals surface area contributed by atoms with E-state index in [2.05, 4.69) is 0 Å². The van der Waals surface area contributed by atoms with Crippen molar-refractivity contribution in [3.05, 3.63) is 62.6 Å². The van der Waals surface area contributed by atoms with E-state index in [1.54, 1.807) is 12.1 Å². The molecule has 4 heteroatoms. The zero-order valence-corrected chi connectivity index (χ0v) is 13.7. The molecule has 0 N–H and O–H groups in total. The summed E-state index contributed by atoms with van der Waals surface area (Å²) in [5, 5.41) is 0.728. The Hall–Kier alpha value is -1.51. The Kier molecular flexibility index (Phi) is 4.92. The lowest BCUT2D eigenvalue weighted by atomic mass is 9.95. The molecule has 2 rings (SSSR count). The second-order valence-corrected chi connectivity index (χ2v) is 5.61. The number of carbonyl (C=O) groups excluding carboxylic acids is 1. The monoisotopic (exact) mass is 322 g/mol. The van der Waals surface area contributed by atoms with Crippen LogP contribution in [0.5, 0.6) is 5.75 Å². The SMILES string of the molecule is CCOc1cc(Cl)c(C(=O)c2c(C)cccc2C)cc1Cl. The van der Waals surface area contributed by atoms with Gasteiger partial charge in [-0.3, -0.25) is 4.79 Å². The minimum Gasteiger partial charge on any atom is -0.492 e. The first-order chi connectivity index (χ1) is 9.95. The van der Waals surface area contributed by atoms with Crippen molar-refractivity contribution in [3.63, 3.8) is 0 Å². The summed E-state index contributed by atoms with van der Waals surface area (Å²) in [5.41, 5.74) is 2.89. The summed E-state index contributed by atoms with van der Waals surface area (Å²) in [7, 11) is 0. The molecule has 0 bridgehead atoms. The molecule has 0 amide bonds. The van der Waals surface area contributed by atoms with Gasteiger partial charge in [0, 0.05) is 17.2 Å². The van der Waals surface area contributed by atoms with Gasteiger partial charge in [-0.1, -0.05) is 41.4 Å². The summed E-state index contributed by atoms with van der Waals surface area (Å²) >= 11 is 12.4. The molecule has 0 aliphatic heterocycles. The molecule has 0 saturated heterocycles. The van der Waals surface area contributed by atoms with Crippen molar-refractivity contribution < 1.29 is 9.53 Å². The van der Waals surface area contributed by atoms with E-state index in [9.17, 15) is 4.79 Å². The van der Waals surface area contributed by atoms with E-state index < -0.39 is 0 Å². The Morgan fingerprint density at radius 1 is 1.10 bits per heavy atom. The van der Waals surface area contributed by atoms with Crippen LogP contribution in [0, 0.1) is 13.8 Å². The molecule has 2 aromatic carbocycles. The summed E-state index contributed by atoms with van der Waals surface area (Å²) in [6, 6.07) is 8.90. The third-order valence-corrected chi connectivity index (χ3v) is 3.88. The first kappa shape index (κ1) is 15.9. The van der Waals surface area contributed by atoms with Crippen molar-refractivity contribution in [1.82, 2.24) is 0 Å². The van der Waals surface area contributed by atoms with Gasteiger partial charge in [0.05, 0.1) is 16.7 Å². The van der Waals surface area contributed by atoms with Crippen molar-refractivity contribution in [1.29, 1.82) is 0 Å². The lowest BCUT2D eigenvalue weighted by Crippen LogP contribution is -2.07. The molecule has 2 nitrogen and oxygen atoms in total. The van der Waals surface area contributed by atoms with Gasteiger partial charge in [0.2, 0.25) is 0 Å². The van der Waals surface area contributed by atoms with Gasteiger partial charge in [-0.05, 0) is 38.0 Å². The lowest BCUT2D eigenvalue weighted by molar-refractivity contribution is 0.103. The first-order valence-electron chi connectivity index (χ1n) is 6.68. The van der Waals surface area contributed by atoms with Crippen molar-refractivity contribution in [2.24, 2.45) is 0 Å². The van der Waals surface area contributed by atoms with E-state index in [0.29, 0.717) is 33.5 Å². The highest BCUT2D eigenvalue weighted by atomic mass is 35.5. The minimum atomic E-state index is -0.124. The van der Waals surface area contributed by atoms with E-state index in [-0.39, 0.29) is 5.78 Å². The molecule has 21 heavy (non-hydrogen) atoms. The van der Waals surface area contributed by atoms with Crippen LogP contribution in [0.4, 0.5) is 0 Å². The number of ketones is 1. The number of benzene rings is 2. The predicted molar refractivity (Wildman–Crippen MR) is 87.0 cm³/mol. The number of carbonyl (C=O) groups is 1. The molecule has 0 aliphatic carbocycles. The maximum Gasteiger partial charge on any atom is 0.195 e. The largest absolute Gasteiger partial charge is 0.492 e. The standard InChI is InChI=1S/C17H16Cl2O2/c1-4-21-15-9-13(18)12(8-14(15)19)17(20)16-10(2)6-5-7-11(16)3/h5-9H,4H2,1-3H3. The summed E-state index contributed by atoms with van der Waals surface area (Å²) in [5.74, 6) is 0.364. The van der Waals surface area contributed by atoms with Gasteiger partial charge in [0.15, 0.2) is 5.78 Å². The fourth-order valence-corrected chi connectivity index (χ4v) is 2.73. The Labute approximate surface area is 134 Å². The Morgan fingerprint density at radius 3 is 2.29 bits per heavy atom. The van der Waals surface area contributed by atoms with Crippen LogP contribution < -0.4 is 4.74 Å². The normalized spacial score (nSPS) is 10.5. The van der Waals surface area contributed by atoms with E-state index in [0.717, 1.165) is 11.1 Å². The van der Waals surface area contributed by atoms with Crippen LogP contribution >= 0.6 is 23.2 Å². The fraction of sp³-hybridized carbons (Fsp3) is 0.235. The van der Waals surface area contributed by atoms with Gasteiger partial charge in [0.1, 0.15) is 5.75 Å². The minimum absolute atomic E-state index is 0.124. The molecule has 0 radical (unpaired) electrons. The first-order valence-corrected chi connectivity index (χ1v) is 7.44. The molecule has 110 valence electrons. The van der Waals surface area contributed by atoms with Crippen LogP contribution in [-0.2, 0) is 0 Å². The quantitative estimate of drug-likeness (QED) is 0.719. The molecule has 0 fully saturated rings. The second kappa shape index (κ2) is 6.50. The summed E-state index contributed by atoms with van der Waals surface area (Å²) in [6.45, 7) is 6.16. The smallest absolute Gasteiger partial charge is 0.195 e. The Bertz CT molecular complexity index is 673. The average Bonchev–Trinajstić information content (AvgIpc) is 2.42. The van der Waals surface area contributed by atoms with Gasteiger partial charge >= 0.3 is 0 Å². The van der Waals surface area contributed by atoms with Gasteiger partial charge in [-0.25, -0.2) is 0 Å². The number of aryl methyl sites for hydroxylation is 2. The van der Waals surface area contributed by atoms with Gasteiger partial charge < -0.3 is 4.74 Å². The third kappa shape index (κ3) is 3.22. The van der Waals surface area contributed by atoms with Gasteiger partial charge in [0.25, 0.3) is 0 Å². The highest BCUT2D eigenvalue weighted by Gasteiger charge is 2.19. The molecular formula is C17H16Cl2O2. The molecule has 2 aromatic rings. The van der Waals surface area contributed by atoms with Crippen molar-refractivity contribution in [3.8, 4) is 5.75 Å². The summed E-state index contributed by atoms with van der Waals surface area (Å²) in [6.07, 6.45) is 0. The van der Waals surface area contributed by atoms with Gasteiger partial charge in [-0.15, -0.1) is 0 Å². The highest BCUT2D eigenvalue weighted by molar-refractivity contribution is 6.37. The van der Waals surface area contributed by atoms with E-state index in [1.807, 2.05) is 39.0 Å². The molecule has 0 spiro atoms. The zero-order valence-electron chi connectivity index (χ0n) is 12.2. The fourth-order valence-electron chi connectivity index (χ4n) is 2.28. The van der Waals surface area contributed by atoms with Gasteiger partial charge in [-0.2, -0.15) is 0 Å². The zero-order chi connectivity index (χ0) is 15.6. The van der Waals surface area contributed by atoms with Crippen molar-refractivity contribution in [2.45, 2.75) is 20.8 Å². The topological polar surface area (TPSA) is 26.3 Å². The Morgan fingerprint density at radius 2 is 1.71 bits per heavy atom. The van der Waals surface area contributed by atoms with Crippen LogP contribution in [0.15, 0.2) is 30.3 Å². The Balaban J connectivity index is 2.52. The summed E-state index contributed by atoms with van der Waals surface area (Å²) < 4.78 is 5.38. The molecule has 0 unspecified atom stereocenters. The molecule has 0 heterocycles. The van der Waals surface area contributed by atoms with Crippen LogP contribution in [0.2, 0.25) is 10.0 Å². The molecule has 0 atom stereocenters. The third-order valence-electron chi connectivity index (χ3n) is 3.27. The number of hydrogen-bond acceptors (Lipinski definition) is 2. The van der Waals surface area contributed by atoms with Crippen molar-refractivity contribution in [2.75, 3.05) is 6.61 Å². The van der Waals surface area contributed by atoms with E-state index in [4.69, 9.17) is 27.9 Å². The average molecular weight is 323 g/mol. The number of hydrogen-bond donors (Lipinski definition) is 0. The highest BCUT2D eigenvalue weighted by Crippen LogP contribution is 2.33. The maximum absolute atomic E-state index is 12.7. The van der Waals surface area contributed by atoms with Crippen LogP contribution in [0.1, 0.15) is 34.0 Å². The summed E-state index contributed by atoms with van der Waals surface area (Å²) in [4.78, 5) is 12.7. The molecule has 0 saturated carbocycles. The predicted octanol–water partition coefficient (Wildman–Crippen LogP) is 5.24. The van der Waals surface area contributed by atoms with E-state index in [1.165, 1.54) is 0 Å². The van der Waals surface area contributed by atoms with Crippen LogP contribution in [0.25, 0.3) is 0 Å².